The molecule has 0 saturated carbocycles. The van der Waals surface area contributed by atoms with Gasteiger partial charge >= 0.3 is 0 Å². The third-order valence-electron chi connectivity index (χ3n) is 4.88. The van der Waals surface area contributed by atoms with Gasteiger partial charge in [0.2, 0.25) is 0 Å². The molecule has 3 rings (SSSR count). The Morgan fingerprint density at radius 2 is 1.84 bits per heavy atom. The molecule has 1 aromatic rings. The number of rotatable bonds is 2. The average Bonchev–Trinajstić information content (AvgIpc) is 2.64. The van der Waals surface area contributed by atoms with Crippen LogP contribution in [-0.2, 0) is 0 Å². The maximum atomic E-state index is 13.7. The van der Waals surface area contributed by atoms with Gasteiger partial charge in [-0.3, -0.25) is 0 Å². The molecule has 2 nitrogen and oxygen atoms in total. The van der Waals surface area contributed by atoms with E-state index in [4.69, 9.17) is 0 Å². The van der Waals surface area contributed by atoms with E-state index < -0.39 is 17.7 Å². The molecule has 2 saturated heterocycles. The van der Waals surface area contributed by atoms with Crippen LogP contribution in [0.25, 0.3) is 0 Å². The largest absolute Gasteiger partial charge is 0.388 e. The SMILES string of the molecule is CN1C2CCC1CC(C(O)c1cccc(F)c1F)C2. The van der Waals surface area contributed by atoms with Crippen LogP contribution in [0.1, 0.15) is 37.4 Å². The van der Waals surface area contributed by atoms with Gasteiger partial charge in [0.15, 0.2) is 11.6 Å². The summed E-state index contributed by atoms with van der Waals surface area (Å²) in [6, 6.07) is 5.00. The van der Waals surface area contributed by atoms with Crippen molar-refractivity contribution in [2.45, 2.75) is 43.9 Å². The van der Waals surface area contributed by atoms with Gasteiger partial charge in [-0.05, 0) is 44.7 Å². The second kappa shape index (κ2) is 4.84. The summed E-state index contributed by atoms with van der Waals surface area (Å²) >= 11 is 0. The number of hydrogen-bond acceptors (Lipinski definition) is 2. The van der Waals surface area contributed by atoms with Gasteiger partial charge in [-0.15, -0.1) is 0 Å². The average molecular weight is 267 g/mol. The van der Waals surface area contributed by atoms with Crippen LogP contribution in [-0.4, -0.2) is 29.1 Å². The van der Waals surface area contributed by atoms with Crippen LogP contribution >= 0.6 is 0 Å². The van der Waals surface area contributed by atoms with Crippen LogP contribution in [0.15, 0.2) is 18.2 Å². The molecule has 1 aromatic carbocycles. The lowest BCUT2D eigenvalue weighted by atomic mass is 9.83. The summed E-state index contributed by atoms with van der Waals surface area (Å²) in [5, 5.41) is 10.4. The van der Waals surface area contributed by atoms with Crippen molar-refractivity contribution in [1.29, 1.82) is 0 Å². The highest BCUT2D eigenvalue weighted by molar-refractivity contribution is 5.22. The molecule has 2 aliphatic heterocycles. The number of hydrogen-bond donors (Lipinski definition) is 1. The van der Waals surface area contributed by atoms with Crippen LogP contribution < -0.4 is 0 Å². The summed E-state index contributed by atoms with van der Waals surface area (Å²) in [4.78, 5) is 2.37. The molecule has 0 spiro atoms. The smallest absolute Gasteiger partial charge is 0.164 e. The molecule has 3 unspecified atom stereocenters. The number of aliphatic hydroxyl groups excluding tert-OH is 1. The summed E-state index contributed by atoms with van der Waals surface area (Å²) in [7, 11) is 2.12. The van der Waals surface area contributed by atoms with Crippen molar-refractivity contribution in [1.82, 2.24) is 4.90 Å². The van der Waals surface area contributed by atoms with Gasteiger partial charge in [-0.2, -0.15) is 0 Å². The summed E-state index contributed by atoms with van der Waals surface area (Å²) in [5.74, 6) is -1.75. The fourth-order valence-corrected chi connectivity index (χ4v) is 3.71. The van der Waals surface area contributed by atoms with E-state index in [-0.39, 0.29) is 11.5 Å². The Bertz CT molecular complexity index is 465. The molecule has 4 heteroatoms. The topological polar surface area (TPSA) is 23.5 Å². The van der Waals surface area contributed by atoms with Crippen molar-refractivity contribution in [3.63, 3.8) is 0 Å². The highest BCUT2D eigenvalue weighted by Crippen LogP contribution is 2.42. The van der Waals surface area contributed by atoms with Gasteiger partial charge in [0.1, 0.15) is 0 Å². The van der Waals surface area contributed by atoms with Crippen LogP contribution in [0.4, 0.5) is 8.78 Å². The zero-order valence-corrected chi connectivity index (χ0v) is 11.0. The third kappa shape index (κ3) is 2.17. The Kier molecular flexibility index (Phi) is 3.31. The lowest BCUT2D eigenvalue weighted by Gasteiger charge is -2.38. The molecule has 0 aliphatic carbocycles. The number of piperidine rings is 1. The number of aliphatic hydroxyl groups is 1. The number of benzene rings is 1. The highest BCUT2D eigenvalue weighted by Gasteiger charge is 2.41. The normalized spacial score (nSPS) is 32.5. The predicted molar refractivity (Wildman–Crippen MR) is 68.6 cm³/mol. The summed E-state index contributed by atoms with van der Waals surface area (Å²) < 4.78 is 27.0. The maximum absolute atomic E-state index is 13.7. The Labute approximate surface area is 112 Å². The highest BCUT2D eigenvalue weighted by atomic mass is 19.2. The zero-order valence-electron chi connectivity index (χ0n) is 11.0. The second-order valence-corrected chi connectivity index (χ2v) is 5.87. The van der Waals surface area contributed by atoms with Crippen molar-refractivity contribution in [3.8, 4) is 0 Å². The minimum Gasteiger partial charge on any atom is -0.388 e. The zero-order chi connectivity index (χ0) is 13.6. The Morgan fingerprint density at radius 1 is 1.21 bits per heavy atom. The van der Waals surface area contributed by atoms with Crippen LogP contribution in [0.5, 0.6) is 0 Å². The Balaban J connectivity index is 1.81. The van der Waals surface area contributed by atoms with Crippen LogP contribution in [0, 0.1) is 17.6 Å². The Morgan fingerprint density at radius 3 is 2.47 bits per heavy atom. The molecule has 2 bridgehead atoms. The minimum absolute atomic E-state index is 0.0324. The molecular formula is C15H19F2NO. The van der Waals surface area contributed by atoms with E-state index in [0.717, 1.165) is 31.7 Å². The van der Waals surface area contributed by atoms with E-state index in [0.29, 0.717) is 12.1 Å². The van der Waals surface area contributed by atoms with E-state index in [2.05, 4.69) is 11.9 Å². The molecule has 2 fully saturated rings. The van der Waals surface area contributed by atoms with Gasteiger partial charge < -0.3 is 10.0 Å². The molecule has 19 heavy (non-hydrogen) atoms. The first-order valence-electron chi connectivity index (χ1n) is 6.92. The molecule has 1 N–H and O–H groups in total. The summed E-state index contributed by atoms with van der Waals surface area (Å²) in [6.07, 6.45) is 3.13. The van der Waals surface area contributed by atoms with Crippen molar-refractivity contribution in [3.05, 3.63) is 35.4 Å². The molecule has 2 aliphatic rings. The van der Waals surface area contributed by atoms with Crippen molar-refractivity contribution >= 4 is 0 Å². The van der Waals surface area contributed by atoms with Gasteiger partial charge in [-0.25, -0.2) is 8.78 Å². The quantitative estimate of drug-likeness (QED) is 0.890. The van der Waals surface area contributed by atoms with Crippen molar-refractivity contribution < 1.29 is 13.9 Å². The van der Waals surface area contributed by atoms with Gasteiger partial charge in [-0.1, -0.05) is 12.1 Å². The van der Waals surface area contributed by atoms with E-state index in [1.165, 1.54) is 12.1 Å². The molecule has 0 radical (unpaired) electrons. The standard InChI is InChI=1S/C15H19F2NO/c1-18-10-5-6-11(18)8-9(7-10)15(19)12-3-2-4-13(16)14(12)17/h2-4,9-11,15,19H,5-8H2,1H3. The van der Waals surface area contributed by atoms with Gasteiger partial charge in [0.05, 0.1) is 6.10 Å². The molecule has 3 atom stereocenters. The predicted octanol–water partition coefficient (Wildman–Crippen LogP) is 2.87. The first-order valence-corrected chi connectivity index (χ1v) is 6.92. The van der Waals surface area contributed by atoms with E-state index >= 15 is 0 Å². The van der Waals surface area contributed by atoms with Crippen LogP contribution in [0.3, 0.4) is 0 Å². The summed E-state index contributed by atoms with van der Waals surface area (Å²) in [5.41, 5.74) is 0.106. The molecule has 104 valence electrons. The molecular weight excluding hydrogens is 248 g/mol. The number of halogens is 2. The first-order chi connectivity index (χ1) is 9.08. The second-order valence-electron chi connectivity index (χ2n) is 5.87. The van der Waals surface area contributed by atoms with Gasteiger partial charge in [0.25, 0.3) is 0 Å². The minimum atomic E-state index is -0.902. The van der Waals surface area contributed by atoms with Crippen LogP contribution in [0.2, 0.25) is 0 Å². The number of fused-ring (bicyclic) bond motifs is 2. The van der Waals surface area contributed by atoms with Crippen molar-refractivity contribution in [2.24, 2.45) is 5.92 Å². The molecule has 0 aromatic heterocycles. The monoisotopic (exact) mass is 267 g/mol. The van der Waals surface area contributed by atoms with E-state index in [1.807, 2.05) is 0 Å². The lowest BCUT2D eigenvalue weighted by Crippen LogP contribution is -2.41. The van der Waals surface area contributed by atoms with E-state index in [1.54, 1.807) is 0 Å². The molecule has 0 amide bonds. The molecule has 2 heterocycles. The van der Waals surface area contributed by atoms with Gasteiger partial charge in [0, 0.05) is 17.6 Å². The van der Waals surface area contributed by atoms with E-state index in [9.17, 15) is 13.9 Å². The van der Waals surface area contributed by atoms with Crippen molar-refractivity contribution in [2.75, 3.05) is 7.05 Å². The summed E-state index contributed by atoms with van der Waals surface area (Å²) in [6.45, 7) is 0. The lowest BCUT2D eigenvalue weighted by molar-refractivity contribution is 0.0333. The fraction of sp³-hybridized carbons (Fsp3) is 0.600. The fourth-order valence-electron chi connectivity index (χ4n) is 3.71. The third-order valence-corrected chi connectivity index (χ3v) is 4.88. The number of nitrogens with zero attached hydrogens (tertiary/aromatic N) is 1. The first kappa shape index (κ1) is 13.0. The Hall–Kier alpha value is -1.00. The maximum Gasteiger partial charge on any atom is 0.164 e.